The molecule has 38 heavy (non-hydrogen) atoms. The van der Waals surface area contributed by atoms with Gasteiger partial charge in [0.1, 0.15) is 0 Å². The molecule has 0 saturated carbocycles. The lowest BCUT2D eigenvalue weighted by atomic mass is 10.0. The van der Waals surface area contributed by atoms with Gasteiger partial charge in [-0.3, -0.25) is 19.2 Å². The van der Waals surface area contributed by atoms with E-state index in [1.54, 1.807) is 42.2 Å². The van der Waals surface area contributed by atoms with E-state index >= 15 is 0 Å². The van der Waals surface area contributed by atoms with Crippen LogP contribution in [-0.2, 0) is 20.9 Å². The van der Waals surface area contributed by atoms with Crippen molar-refractivity contribution in [3.8, 4) is 0 Å². The number of hydrogen-bond donors (Lipinski definition) is 2. The van der Waals surface area contributed by atoms with Gasteiger partial charge >= 0.3 is 0 Å². The van der Waals surface area contributed by atoms with E-state index in [1.165, 1.54) is 0 Å². The van der Waals surface area contributed by atoms with Gasteiger partial charge in [-0.15, -0.1) is 0 Å². The van der Waals surface area contributed by atoms with Gasteiger partial charge in [-0.1, -0.05) is 103 Å². The number of rotatable bonds is 12. The molecule has 0 heterocycles. The summed E-state index contributed by atoms with van der Waals surface area (Å²) in [5.74, 6) is -1.01. The molecule has 0 aliphatic heterocycles. The second-order valence-electron chi connectivity index (χ2n) is 9.59. The Morgan fingerprint density at radius 2 is 1.47 bits per heavy atom. The molecule has 0 radical (unpaired) electrons. The fraction of sp³-hybridized carbons (Fsp3) is 0.484. The van der Waals surface area contributed by atoms with Crippen molar-refractivity contribution >= 4 is 23.5 Å². The van der Waals surface area contributed by atoms with E-state index < -0.39 is 11.8 Å². The highest BCUT2D eigenvalue weighted by molar-refractivity contribution is 6.09. The van der Waals surface area contributed by atoms with E-state index in [0.29, 0.717) is 24.2 Å². The van der Waals surface area contributed by atoms with Gasteiger partial charge in [0.25, 0.3) is 0 Å². The number of nitrogens with two attached hydrogens (primary N) is 1. The summed E-state index contributed by atoms with van der Waals surface area (Å²) in [6.45, 7) is 14.8. The van der Waals surface area contributed by atoms with Gasteiger partial charge in [0, 0.05) is 36.6 Å². The number of amides is 3. The number of unbranched alkanes of at least 4 members (excludes halogenated alkanes) is 1. The van der Waals surface area contributed by atoms with E-state index in [1.807, 2.05) is 45.0 Å². The SMILES string of the molecule is CC.CC(C)C.CCCCN(Cc1cccc(C(=O)c2ccccc2)c1)C(=O)CNC(=O)C(C)CC(N)=O. The fourth-order valence-corrected chi connectivity index (χ4v) is 3.27. The molecule has 2 aromatic carbocycles. The number of nitrogens with one attached hydrogen (secondary N) is 1. The van der Waals surface area contributed by atoms with Crippen LogP contribution >= 0.6 is 0 Å². The summed E-state index contributed by atoms with van der Waals surface area (Å²) in [5, 5.41) is 2.59. The van der Waals surface area contributed by atoms with Crippen molar-refractivity contribution in [1.29, 1.82) is 0 Å². The monoisotopic (exact) mass is 525 g/mol. The van der Waals surface area contributed by atoms with Gasteiger partial charge in [-0.2, -0.15) is 0 Å². The van der Waals surface area contributed by atoms with Crippen molar-refractivity contribution in [1.82, 2.24) is 10.2 Å². The Balaban J connectivity index is 0.00000208. The van der Waals surface area contributed by atoms with Gasteiger partial charge in [0.15, 0.2) is 5.78 Å². The van der Waals surface area contributed by atoms with E-state index in [2.05, 4.69) is 26.1 Å². The number of carbonyl (C=O) groups is 4. The zero-order chi connectivity index (χ0) is 29.1. The van der Waals surface area contributed by atoms with E-state index in [-0.39, 0.29) is 30.6 Å². The normalized spacial score (nSPS) is 10.7. The first-order chi connectivity index (χ1) is 18.0. The molecule has 0 aliphatic carbocycles. The van der Waals surface area contributed by atoms with Gasteiger partial charge < -0.3 is 16.0 Å². The van der Waals surface area contributed by atoms with Crippen LogP contribution in [0.4, 0.5) is 0 Å². The van der Waals surface area contributed by atoms with Gasteiger partial charge in [-0.05, 0) is 24.0 Å². The standard InChI is InChI=1S/C25H31N3O4.C4H10.C2H6/c1-3-4-13-28(23(30)16-27-25(32)18(2)14-22(26)29)17-19-9-8-12-21(15-19)24(31)20-10-6-5-7-11-20;1-4(2)3;1-2/h5-12,15,18H,3-4,13-14,16-17H2,1-2H3,(H2,26,29)(H,27,32);4H,1-3H3;1-2H3. The first kappa shape index (κ1) is 34.5. The molecule has 0 bridgehead atoms. The summed E-state index contributed by atoms with van der Waals surface area (Å²) in [7, 11) is 0. The lowest BCUT2D eigenvalue weighted by Gasteiger charge is -2.23. The molecule has 0 aliphatic rings. The van der Waals surface area contributed by atoms with Crippen LogP contribution in [0.15, 0.2) is 54.6 Å². The molecule has 1 atom stereocenters. The summed E-state index contributed by atoms with van der Waals surface area (Å²) in [4.78, 5) is 50.3. The van der Waals surface area contributed by atoms with E-state index in [9.17, 15) is 19.2 Å². The largest absolute Gasteiger partial charge is 0.370 e. The van der Waals surface area contributed by atoms with Gasteiger partial charge in [0.2, 0.25) is 17.7 Å². The van der Waals surface area contributed by atoms with Crippen LogP contribution in [0.5, 0.6) is 0 Å². The fourth-order valence-electron chi connectivity index (χ4n) is 3.27. The maximum Gasteiger partial charge on any atom is 0.242 e. The Morgan fingerprint density at radius 1 is 0.895 bits per heavy atom. The molecule has 7 heteroatoms. The number of carbonyl (C=O) groups excluding carboxylic acids is 4. The van der Waals surface area contributed by atoms with Crippen LogP contribution in [0.25, 0.3) is 0 Å². The second kappa shape index (κ2) is 19.6. The number of primary amides is 1. The number of nitrogens with zero attached hydrogens (tertiary/aromatic N) is 1. The predicted molar refractivity (Wildman–Crippen MR) is 154 cm³/mol. The Bertz CT molecular complexity index is 987. The minimum atomic E-state index is -0.593. The molecule has 0 aromatic heterocycles. The molecule has 3 amide bonds. The van der Waals surface area contributed by atoms with Gasteiger partial charge in [-0.25, -0.2) is 0 Å². The van der Waals surface area contributed by atoms with Crippen molar-refractivity contribution in [2.45, 2.75) is 74.3 Å². The highest BCUT2D eigenvalue weighted by atomic mass is 16.2. The maximum atomic E-state index is 12.8. The summed E-state index contributed by atoms with van der Waals surface area (Å²) < 4.78 is 0. The van der Waals surface area contributed by atoms with E-state index in [4.69, 9.17) is 5.73 Å². The average molecular weight is 526 g/mol. The predicted octanol–water partition coefficient (Wildman–Crippen LogP) is 5.36. The van der Waals surface area contributed by atoms with E-state index in [0.717, 1.165) is 24.3 Å². The molecular formula is C31H47N3O4. The third-order valence-electron chi connectivity index (χ3n) is 5.10. The zero-order valence-electron chi connectivity index (χ0n) is 24.3. The Morgan fingerprint density at radius 3 is 2.03 bits per heavy atom. The number of benzene rings is 2. The van der Waals surface area contributed by atoms with Crippen molar-refractivity contribution in [3.63, 3.8) is 0 Å². The lowest BCUT2D eigenvalue weighted by molar-refractivity contribution is -0.134. The molecule has 210 valence electrons. The van der Waals surface area contributed by atoms with Crippen LogP contribution in [-0.4, -0.2) is 41.5 Å². The second-order valence-corrected chi connectivity index (χ2v) is 9.59. The zero-order valence-corrected chi connectivity index (χ0v) is 24.3. The molecule has 2 aromatic rings. The Kier molecular flexibility index (Phi) is 17.8. The third kappa shape index (κ3) is 14.3. The highest BCUT2D eigenvalue weighted by Gasteiger charge is 2.19. The molecule has 1 unspecified atom stereocenters. The average Bonchev–Trinajstić information content (AvgIpc) is 2.90. The minimum Gasteiger partial charge on any atom is -0.370 e. The summed E-state index contributed by atoms with van der Waals surface area (Å²) >= 11 is 0. The van der Waals surface area contributed by atoms with Crippen LogP contribution in [0, 0.1) is 11.8 Å². The quantitative estimate of drug-likeness (QED) is 0.363. The van der Waals surface area contributed by atoms with Crippen molar-refractivity contribution in [2.75, 3.05) is 13.1 Å². The Hall–Kier alpha value is -3.48. The van der Waals surface area contributed by atoms with Crippen molar-refractivity contribution in [3.05, 3.63) is 71.3 Å². The minimum absolute atomic E-state index is 0.0677. The Labute approximate surface area is 229 Å². The van der Waals surface area contributed by atoms with Gasteiger partial charge in [0.05, 0.1) is 6.54 Å². The van der Waals surface area contributed by atoms with Crippen LogP contribution in [0.1, 0.15) is 89.2 Å². The first-order valence-corrected chi connectivity index (χ1v) is 13.6. The van der Waals surface area contributed by atoms with Crippen LogP contribution in [0.3, 0.4) is 0 Å². The summed E-state index contributed by atoms with van der Waals surface area (Å²) in [6.07, 6.45) is 1.67. The molecule has 0 saturated heterocycles. The van der Waals surface area contributed by atoms with Crippen LogP contribution < -0.4 is 11.1 Å². The highest BCUT2D eigenvalue weighted by Crippen LogP contribution is 2.14. The maximum absolute atomic E-state index is 12.8. The summed E-state index contributed by atoms with van der Waals surface area (Å²) in [5.41, 5.74) is 7.13. The molecule has 7 nitrogen and oxygen atoms in total. The lowest BCUT2D eigenvalue weighted by Crippen LogP contribution is -2.42. The molecule has 3 N–H and O–H groups in total. The molecule has 0 fully saturated rings. The smallest absolute Gasteiger partial charge is 0.242 e. The molecule has 2 rings (SSSR count). The third-order valence-corrected chi connectivity index (χ3v) is 5.10. The van der Waals surface area contributed by atoms with Crippen molar-refractivity contribution < 1.29 is 19.2 Å². The molecule has 0 spiro atoms. The van der Waals surface area contributed by atoms with Crippen LogP contribution in [0.2, 0.25) is 0 Å². The topological polar surface area (TPSA) is 110 Å². The first-order valence-electron chi connectivity index (χ1n) is 13.6. The molecular weight excluding hydrogens is 478 g/mol. The number of hydrogen-bond acceptors (Lipinski definition) is 4. The van der Waals surface area contributed by atoms with Crippen molar-refractivity contribution in [2.24, 2.45) is 17.6 Å². The summed E-state index contributed by atoms with van der Waals surface area (Å²) in [6, 6.07) is 16.3. The number of ketones is 1.